The summed E-state index contributed by atoms with van der Waals surface area (Å²) < 4.78 is 5.44. The minimum atomic E-state index is -0.289. The molecule has 2 fully saturated rings. The SMILES string of the molecule is COc1ccc(C2CCC(CN(C(=O)C3CCC(O)CC3)c3cccc(C#Cc4nn[nH]n4)c3)CC2)cc1C. The number of carbonyl (C=O) groups is 1. The fraction of sp³-hybridized carbons (Fsp3) is 0.484. The van der Waals surface area contributed by atoms with Gasteiger partial charge >= 0.3 is 0 Å². The zero-order valence-corrected chi connectivity index (χ0v) is 22.8. The molecule has 2 saturated carbocycles. The highest BCUT2D eigenvalue weighted by atomic mass is 16.5. The maximum Gasteiger partial charge on any atom is 0.247 e. The summed E-state index contributed by atoms with van der Waals surface area (Å²) >= 11 is 0. The molecule has 8 heteroatoms. The van der Waals surface area contributed by atoms with E-state index in [0.29, 0.717) is 37.0 Å². The number of nitrogens with one attached hydrogen (secondary N) is 1. The predicted octanol–water partition coefficient (Wildman–Crippen LogP) is 4.77. The van der Waals surface area contributed by atoms with Gasteiger partial charge in [-0.1, -0.05) is 29.2 Å². The molecule has 0 bridgehead atoms. The molecule has 0 saturated heterocycles. The van der Waals surface area contributed by atoms with Crippen molar-refractivity contribution in [3.05, 3.63) is 65.0 Å². The number of aromatic amines is 1. The van der Waals surface area contributed by atoms with E-state index in [1.165, 1.54) is 11.1 Å². The predicted molar refractivity (Wildman–Crippen MR) is 149 cm³/mol. The molecule has 0 radical (unpaired) electrons. The minimum absolute atomic E-state index is 0.0546. The summed E-state index contributed by atoms with van der Waals surface area (Å²) in [6.07, 6.45) is 6.95. The Hall–Kier alpha value is -3.70. The van der Waals surface area contributed by atoms with E-state index in [1.807, 2.05) is 29.2 Å². The lowest BCUT2D eigenvalue weighted by molar-refractivity contribution is -0.124. The zero-order chi connectivity index (χ0) is 27.2. The van der Waals surface area contributed by atoms with Crippen molar-refractivity contribution >= 4 is 11.6 Å². The second-order valence-electron chi connectivity index (χ2n) is 10.9. The van der Waals surface area contributed by atoms with Crippen molar-refractivity contribution in [2.45, 2.75) is 70.3 Å². The Morgan fingerprint density at radius 3 is 2.54 bits per heavy atom. The monoisotopic (exact) mass is 527 g/mol. The van der Waals surface area contributed by atoms with Crippen LogP contribution in [-0.2, 0) is 4.79 Å². The Bertz CT molecular complexity index is 1310. The van der Waals surface area contributed by atoms with Gasteiger partial charge in [-0.3, -0.25) is 4.79 Å². The molecule has 0 atom stereocenters. The zero-order valence-electron chi connectivity index (χ0n) is 22.8. The summed E-state index contributed by atoms with van der Waals surface area (Å²) in [5.41, 5.74) is 4.23. The van der Waals surface area contributed by atoms with Crippen molar-refractivity contribution in [3.8, 4) is 17.6 Å². The first-order valence-corrected chi connectivity index (χ1v) is 14.0. The van der Waals surface area contributed by atoms with Gasteiger partial charge in [0.2, 0.25) is 11.7 Å². The number of nitrogens with zero attached hydrogens (tertiary/aromatic N) is 4. The highest BCUT2D eigenvalue weighted by Gasteiger charge is 2.32. The van der Waals surface area contributed by atoms with Crippen LogP contribution < -0.4 is 9.64 Å². The number of methoxy groups -OCH3 is 1. The van der Waals surface area contributed by atoms with Gasteiger partial charge in [0.25, 0.3) is 0 Å². The van der Waals surface area contributed by atoms with Crippen LogP contribution in [0.3, 0.4) is 0 Å². The largest absolute Gasteiger partial charge is 0.496 e. The number of carbonyl (C=O) groups excluding carboxylic acids is 1. The van der Waals surface area contributed by atoms with Crippen molar-refractivity contribution < 1.29 is 14.6 Å². The van der Waals surface area contributed by atoms with Gasteiger partial charge in [0.15, 0.2) is 0 Å². The third-order valence-electron chi connectivity index (χ3n) is 8.31. The number of aliphatic hydroxyl groups is 1. The van der Waals surface area contributed by atoms with Crippen LogP contribution in [0.2, 0.25) is 0 Å². The van der Waals surface area contributed by atoms with Crippen LogP contribution in [0.15, 0.2) is 42.5 Å². The number of ether oxygens (including phenoxy) is 1. The van der Waals surface area contributed by atoms with Crippen molar-refractivity contribution in [3.63, 3.8) is 0 Å². The molecule has 1 amide bonds. The lowest BCUT2D eigenvalue weighted by atomic mass is 9.78. The number of aromatic nitrogens is 4. The Morgan fingerprint density at radius 2 is 1.85 bits per heavy atom. The number of tetrazole rings is 1. The molecule has 39 heavy (non-hydrogen) atoms. The van der Waals surface area contributed by atoms with E-state index >= 15 is 0 Å². The second-order valence-corrected chi connectivity index (χ2v) is 10.9. The van der Waals surface area contributed by atoms with Crippen molar-refractivity contribution in [2.24, 2.45) is 11.8 Å². The first kappa shape index (κ1) is 26.9. The summed E-state index contributed by atoms with van der Waals surface area (Å²) in [6, 6.07) is 14.4. The molecule has 0 unspecified atom stereocenters. The summed E-state index contributed by atoms with van der Waals surface area (Å²) in [5, 5.41) is 23.7. The third kappa shape index (κ3) is 6.66. The standard InChI is InChI=1S/C31H37N5O3/c1-21-18-26(13-16-29(21)39-2)24-9-6-23(7-10-24)20-36(31(38)25-11-14-28(37)15-12-25)27-5-3-4-22(19-27)8-17-30-32-34-35-33-30/h3-5,13,16,18-19,23-25,28,37H,6-7,9-12,14-15,20H2,1-2H3,(H,32,33,34,35). The first-order chi connectivity index (χ1) is 19.0. The van der Waals surface area contributed by atoms with E-state index in [0.717, 1.165) is 55.5 Å². The molecule has 2 N–H and O–H groups in total. The molecular formula is C31H37N5O3. The fourth-order valence-electron chi connectivity index (χ4n) is 6.05. The highest BCUT2D eigenvalue weighted by Crippen LogP contribution is 2.38. The molecule has 8 nitrogen and oxygen atoms in total. The quantitative estimate of drug-likeness (QED) is 0.448. The molecule has 2 aromatic carbocycles. The first-order valence-electron chi connectivity index (χ1n) is 14.0. The van der Waals surface area contributed by atoms with Gasteiger partial charge in [-0.2, -0.15) is 5.21 Å². The van der Waals surface area contributed by atoms with Crippen LogP contribution >= 0.6 is 0 Å². The van der Waals surface area contributed by atoms with Gasteiger partial charge in [-0.15, -0.1) is 5.10 Å². The summed E-state index contributed by atoms with van der Waals surface area (Å²) in [4.78, 5) is 15.9. The van der Waals surface area contributed by atoms with Crippen molar-refractivity contribution in [1.29, 1.82) is 0 Å². The summed E-state index contributed by atoms with van der Waals surface area (Å²) in [6.45, 7) is 2.80. The third-order valence-corrected chi connectivity index (χ3v) is 8.31. The Balaban J connectivity index is 1.31. The number of aliphatic hydroxyl groups excluding tert-OH is 1. The van der Waals surface area contributed by atoms with E-state index in [-0.39, 0.29) is 17.9 Å². The lowest BCUT2D eigenvalue weighted by Crippen LogP contribution is -2.41. The Kier molecular flexibility index (Phi) is 8.58. The molecule has 2 aliphatic rings. The van der Waals surface area contributed by atoms with Gasteiger partial charge in [0, 0.05) is 23.7 Å². The van der Waals surface area contributed by atoms with Gasteiger partial charge in [0.05, 0.1) is 13.2 Å². The van der Waals surface area contributed by atoms with E-state index in [9.17, 15) is 9.90 Å². The molecular weight excluding hydrogens is 490 g/mol. The average Bonchev–Trinajstić information content (AvgIpc) is 3.49. The maximum atomic E-state index is 13.9. The average molecular weight is 528 g/mol. The minimum Gasteiger partial charge on any atom is -0.496 e. The smallest absolute Gasteiger partial charge is 0.247 e. The topological polar surface area (TPSA) is 104 Å². The molecule has 3 aromatic rings. The number of aryl methyl sites for hydroxylation is 1. The fourth-order valence-corrected chi connectivity index (χ4v) is 6.05. The Labute approximate surface area is 230 Å². The number of anilines is 1. The molecule has 5 rings (SSSR count). The van der Waals surface area contributed by atoms with Gasteiger partial charge in [-0.05, 0) is 117 Å². The van der Waals surface area contributed by atoms with Crippen molar-refractivity contribution in [1.82, 2.24) is 20.6 Å². The molecule has 1 aromatic heterocycles. The van der Waals surface area contributed by atoms with Gasteiger partial charge in [0.1, 0.15) is 5.75 Å². The van der Waals surface area contributed by atoms with Crippen LogP contribution in [0.5, 0.6) is 5.75 Å². The highest BCUT2D eigenvalue weighted by molar-refractivity contribution is 5.95. The van der Waals surface area contributed by atoms with Gasteiger partial charge in [-0.25, -0.2) is 0 Å². The van der Waals surface area contributed by atoms with Crippen LogP contribution in [-0.4, -0.2) is 51.4 Å². The van der Waals surface area contributed by atoms with E-state index in [4.69, 9.17) is 4.74 Å². The lowest BCUT2D eigenvalue weighted by Gasteiger charge is -2.36. The molecule has 204 valence electrons. The number of H-pyrrole nitrogens is 1. The van der Waals surface area contributed by atoms with E-state index in [2.05, 4.69) is 57.6 Å². The van der Waals surface area contributed by atoms with Crippen molar-refractivity contribution in [2.75, 3.05) is 18.6 Å². The molecule has 1 heterocycles. The van der Waals surface area contributed by atoms with E-state index < -0.39 is 0 Å². The van der Waals surface area contributed by atoms with E-state index in [1.54, 1.807) is 7.11 Å². The summed E-state index contributed by atoms with van der Waals surface area (Å²) in [5.74, 6) is 8.36. The van der Waals surface area contributed by atoms with Crippen LogP contribution in [0.1, 0.15) is 79.8 Å². The van der Waals surface area contributed by atoms with Gasteiger partial charge < -0.3 is 14.7 Å². The van der Waals surface area contributed by atoms with Crippen LogP contribution in [0.4, 0.5) is 5.69 Å². The molecule has 2 aliphatic carbocycles. The normalized spacial score (nSPS) is 22.9. The maximum absolute atomic E-state index is 13.9. The Morgan fingerprint density at radius 1 is 1.05 bits per heavy atom. The second kappa shape index (κ2) is 12.4. The number of amides is 1. The van der Waals surface area contributed by atoms with Crippen LogP contribution in [0, 0.1) is 30.6 Å². The number of benzene rings is 2. The number of hydrogen-bond acceptors (Lipinski definition) is 6. The summed E-state index contributed by atoms with van der Waals surface area (Å²) in [7, 11) is 1.71. The number of hydrogen-bond donors (Lipinski definition) is 2. The molecule has 0 aliphatic heterocycles. The molecule has 0 spiro atoms. The van der Waals surface area contributed by atoms with Crippen LogP contribution in [0.25, 0.3) is 0 Å². The number of rotatable bonds is 6.